The summed E-state index contributed by atoms with van der Waals surface area (Å²) >= 11 is 1.79. The molecule has 0 saturated carbocycles. The smallest absolute Gasteiger partial charge is 0.147 e. The maximum atomic E-state index is 8.24. The molecule has 4 heteroatoms. The third-order valence-corrected chi connectivity index (χ3v) is 10.2. The van der Waals surface area contributed by atoms with Gasteiger partial charge in [0.1, 0.15) is 11.3 Å². The molecule has 0 bridgehead atoms. The van der Waals surface area contributed by atoms with Crippen molar-refractivity contribution >= 4 is 64.1 Å². The quantitative estimate of drug-likeness (QED) is 0.190. The second-order valence-corrected chi connectivity index (χ2v) is 13.5. The van der Waals surface area contributed by atoms with Crippen molar-refractivity contribution in [2.24, 2.45) is 0 Å². The van der Waals surface area contributed by atoms with Crippen LogP contribution in [0, 0.1) is 13.8 Å². The Morgan fingerprint density at radius 3 is 2.23 bits per heavy atom. The van der Waals surface area contributed by atoms with E-state index in [1.54, 1.807) is 17.4 Å². The van der Waals surface area contributed by atoms with Crippen LogP contribution in [0.5, 0.6) is 0 Å². The molecule has 3 aromatic heterocycles. The Morgan fingerprint density at radius 1 is 0.727 bits per heavy atom. The summed E-state index contributed by atoms with van der Waals surface area (Å²) in [7, 11) is 0. The number of hydrogen-bond acceptors (Lipinski definition) is 3. The van der Waals surface area contributed by atoms with Crippen LogP contribution in [0.3, 0.4) is 0 Å². The lowest BCUT2D eigenvalue weighted by molar-refractivity contribution is 0.811. The highest BCUT2D eigenvalue weighted by molar-refractivity contribution is 7.26. The topological polar surface area (TPSA) is 30.7 Å². The maximum Gasteiger partial charge on any atom is 0.147 e. The highest BCUT2D eigenvalue weighted by Gasteiger charge is 2.25. The molecule has 0 N–H and O–H groups in total. The van der Waals surface area contributed by atoms with Gasteiger partial charge in [-0.15, -0.1) is 11.3 Å². The van der Waals surface area contributed by atoms with E-state index in [0.717, 1.165) is 32.8 Å². The number of benzene rings is 5. The summed E-state index contributed by atoms with van der Waals surface area (Å²) in [5, 5.41) is 7.43. The largest absolute Gasteiger partial charge is 0.292 e. The molecule has 8 aromatic rings. The first-order valence-electron chi connectivity index (χ1n) is 16.8. The maximum absolute atomic E-state index is 8.24. The minimum absolute atomic E-state index is 0.0853. The first-order chi connectivity index (χ1) is 22.5. The van der Waals surface area contributed by atoms with Crippen molar-refractivity contribution in [1.29, 1.82) is 0 Å². The zero-order chi connectivity index (χ0) is 32.8. The monoisotopic (exact) mass is 592 g/mol. The van der Waals surface area contributed by atoms with Crippen LogP contribution in [0.2, 0.25) is 0 Å². The van der Waals surface area contributed by atoms with E-state index in [2.05, 4.69) is 122 Å². The molecule has 0 aliphatic carbocycles. The molecule has 216 valence electrons. The van der Waals surface area contributed by atoms with Gasteiger partial charge in [0.15, 0.2) is 0 Å². The van der Waals surface area contributed by atoms with Crippen molar-refractivity contribution in [3.63, 3.8) is 0 Å². The molecule has 0 unspecified atom stereocenters. The van der Waals surface area contributed by atoms with Crippen molar-refractivity contribution in [2.45, 2.75) is 53.3 Å². The molecule has 44 heavy (non-hydrogen) atoms. The minimum atomic E-state index is -2.34. The predicted molar refractivity (Wildman–Crippen MR) is 190 cm³/mol. The Hall–Kier alpha value is -4.54. The third kappa shape index (κ3) is 3.94. The Labute approximate surface area is 266 Å². The first kappa shape index (κ1) is 23.9. The fraction of sp³-hybridized carbons (Fsp3) is 0.200. The van der Waals surface area contributed by atoms with Gasteiger partial charge in [0.2, 0.25) is 0 Å². The highest BCUT2D eigenvalue weighted by atomic mass is 32.1. The standard InChI is InChI=1S/C40H35N3S/c1-22(2)27-13-9-14-28(23(3)4)38(27)43-34-21-24(5)41-25(6)37(34)42-40(43)33-16-10-15-32-36-31-18-17-26-11-7-8-12-29(26)30(31)19-20-35(36)44-39(32)33/h7-23H,1-6H3/i5D3. The van der Waals surface area contributed by atoms with Gasteiger partial charge in [-0.1, -0.05) is 100 Å². The summed E-state index contributed by atoms with van der Waals surface area (Å²) in [6.07, 6.45) is 0. The molecule has 0 fully saturated rings. The van der Waals surface area contributed by atoms with E-state index in [9.17, 15) is 0 Å². The number of rotatable bonds is 4. The van der Waals surface area contributed by atoms with E-state index in [1.165, 1.54) is 48.1 Å². The van der Waals surface area contributed by atoms with Crippen LogP contribution in [0.15, 0.2) is 91.0 Å². The van der Waals surface area contributed by atoms with Crippen LogP contribution in [-0.2, 0) is 0 Å². The average Bonchev–Trinajstić information content (AvgIpc) is 3.63. The van der Waals surface area contributed by atoms with Crippen molar-refractivity contribution < 1.29 is 4.11 Å². The SMILES string of the molecule is [2H]C([2H])([2H])c1cc2c(nc(-c3cccc4c3sc3ccc5c6ccccc6ccc5c34)n2-c2c(C(C)C)cccc2C(C)C)c(C)n1. The summed E-state index contributed by atoms with van der Waals surface area (Å²) in [5.74, 6) is 1.27. The molecule has 0 spiro atoms. The molecule has 0 amide bonds. The van der Waals surface area contributed by atoms with Crippen LogP contribution in [-0.4, -0.2) is 14.5 Å². The van der Waals surface area contributed by atoms with E-state index in [1.807, 2.05) is 6.92 Å². The van der Waals surface area contributed by atoms with Gasteiger partial charge in [-0.2, -0.15) is 0 Å². The second-order valence-electron chi connectivity index (χ2n) is 12.4. The summed E-state index contributed by atoms with van der Waals surface area (Å²) in [5.41, 5.74) is 6.68. The summed E-state index contributed by atoms with van der Waals surface area (Å²) in [6, 6.07) is 32.3. The minimum Gasteiger partial charge on any atom is -0.292 e. The lowest BCUT2D eigenvalue weighted by Crippen LogP contribution is -2.08. The molecule has 3 nitrogen and oxygen atoms in total. The van der Waals surface area contributed by atoms with Gasteiger partial charge in [-0.05, 0) is 76.5 Å². The number of hydrogen-bond donors (Lipinski definition) is 0. The number of imidazole rings is 1. The van der Waals surface area contributed by atoms with E-state index < -0.39 is 6.85 Å². The number of fused-ring (bicyclic) bond motifs is 8. The van der Waals surface area contributed by atoms with Crippen LogP contribution in [0.1, 0.15) is 66.2 Å². The molecule has 0 aliphatic heterocycles. The highest BCUT2D eigenvalue weighted by Crippen LogP contribution is 2.45. The van der Waals surface area contributed by atoms with Gasteiger partial charge in [0.05, 0.1) is 16.9 Å². The molecular formula is C40H35N3S. The van der Waals surface area contributed by atoms with E-state index in [0.29, 0.717) is 5.69 Å². The zero-order valence-corrected chi connectivity index (χ0v) is 26.4. The van der Waals surface area contributed by atoms with Crippen molar-refractivity contribution in [3.05, 3.63) is 114 Å². The van der Waals surface area contributed by atoms with Crippen LogP contribution in [0.4, 0.5) is 0 Å². The number of nitrogens with zero attached hydrogens (tertiary/aromatic N) is 3. The van der Waals surface area contributed by atoms with Crippen molar-refractivity contribution in [1.82, 2.24) is 14.5 Å². The predicted octanol–water partition coefficient (Wildman–Crippen LogP) is 11.6. The van der Waals surface area contributed by atoms with Crippen molar-refractivity contribution in [3.8, 4) is 17.1 Å². The Kier molecular flexibility index (Phi) is 5.42. The average molecular weight is 593 g/mol. The summed E-state index contributed by atoms with van der Waals surface area (Å²) in [4.78, 5) is 9.88. The van der Waals surface area contributed by atoms with Gasteiger partial charge in [-0.3, -0.25) is 9.55 Å². The van der Waals surface area contributed by atoms with E-state index in [4.69, 9.17) is 9.10 Å². The second kappa shape index (κ2) is 10.0. The lowest BCUT2D eigenvalue weighted by Gasteiger charge is -2.22. The molecule has 0 atom stereocenters. The van der Waals surface area contributed by atoms with E-state index >= 15 is 0 Å². The molecule has 0 radical (unpaired) electrons. The molecule has 0 saturated heterocycles. The van der Waals surface area contributed by atoms with Gasteiger partial charge in [0.25, 0.3) is 0 Å². The van der Waals surface area contributed by atoms with Gasteiger partial charge in [0, 0.05) is 35.5 Å². The molecular weight excluding hydrogens is 555 g/mol. The Bertz CT molecular complexity index is 2510. The Balaban J connectivity index is 1.52. The molecule has 0 aliphatic rings. The third-order valence-electron chi connectivity index (χ3n) is 9.01. The number of aryl methyl sites for hydroxylation is 2. The number of para-hydroxylation sites is 1. The summed E-state index contributed by atoms with van der Waals surface area (Å²) < 4.78 is 29.3. The number of pyridine rings is 1. The fourth-order valence-corrected chi connectivity index (χ4v) is 8.19. The molecule has 3 heterocycles. The van der Waals surface area contributed by atoms with Gasteiger partial charge in [-0.25, -0.2) is 4.98 Å². The van der Waals surface area contributed by atoms with Crippen molar-refractivity contribution in [2.75, 3.05) is 0 Å². The normalized spacial score (nSPS) is 13.6. The summed E-state index contributed by atoms with van der Waals surface area (Å²) in [6.45, 7) is 8.37. The lowest BCUT2D eigenvalue weighted by atomic mass is 9.92. The number of thiophene rings is 1. The number of aromatic nitrogens is 3. The molecule has 5 aromatic carbocycles. The first-order valence-corrected chi connectivity index (χ1v) is 16.1. The molecule has 8 rings (SSSR count). The van der Waals surface area contributed by atoms with Crippen LogP contribution >= 0.6 is 11.3 Å². The fourth-order valence-electron chi connectivity index (χ4n) is 6.97. The van der Waals surface area contributed by atoms with E-state index in [-0.39, 0.29) is 17.5 Å². The Morgan fingerprint density at radius 2 is 1.45 bits per heavy atom. The zero-order valence-electron chi connectivity index (χ0n) is 28.6. The van der Waals surface area contributed by atoms with Gasteiger partial charge < -0.3 is 0 Å². The van der Waals surface area contributed by atoms with Gasteiger partial charge >= 0.3 is 0 Å². The van der Waals surface area contributed by atoms with Crippen LogP contribution in [0.25, 0.3) is 69.8 Å². The van der Waals surface area contributed by atoms with Crippen LogP contribution < -0.4 is 0 Å².